The van der Waals surface area contributed by atoms with Gasteiger partial charge in [0.1, 0.15) is 0 Å². The second kappa shape index (κ2) is 6.32. The largest absolute Gasteiger partial charge is 0.416 e. The average Bonchev–Trinajstić information content (AvgIpc) is 2.52. The highest BCUT2D eigenvalue weighted by Gasteiger charge is 2.30. The molecule has 118 valence electrons. The summed E-state index contributed by atoms with van der Waals surface area (Å²) in [4.78, 5) is 11.6. The van der Waals surface area contributed by atoms with Crippen molar-refractivity contribution in [2.45, 2.75) is 6.18 Å². The van der Waals surface area contributed by atoms with Gasteiger partial charge in [0.15, 0.2) is 0 Å². The summed E-state index contributed by atoms with van der Waals surface area (Å²) >= 11 is 0. The summed E-state index contributed by atoms with van der Waals surface area (Å²) in [6.07, 6.45) is 0.798. The van der Waals surface area contributed by atoms with Gasteiger partial charge in [-0.15, -0.1) is 6.42 Å². The summed E-state index contributed by atoms with van der Waals surface area (Å²) in [5.41, 5.74) is 7.86. The highest BCUT2D eigenvalue weighted by Crippen LogP contribution is 2.31. The second-order valence-electron chi connectivity index (χ2n) is 4.56. The van der Waals surface area contributed by atoms with Gasteiger partial charge in [-0.3, -0.25) is 5.43 Å². The fourth-order valence-corrected chi connectivity index (χ4v) is 1.88. The van der Waals surface area contributed by atoms with Gasteiger partial charge < -0.3 is 5.73 Å². The minimum Gasteiger partial charge on any atom is -0.350 e. The molecule has 0 saturated carbocycles. The summed E-state index contributed by atoms with van der Waals surface area (Å²) in [5, 5.41) is 0.913. The molecule has 4 nitrogen and oxygen atoms in total. The number of benzene rings is 2. The van der Waals surface area contributed by atoms with Crippen LogP contribution in [0.1, 0.15) is 11.1 Å². The number of primary amides is 1. The van der Waals surface area contributed by atoms with Gasteiger partial charge in [-0.05, 0) is 36.4 Å². The number of carbonyl (C=O) groups excluding carboxylic acids is 1. The number of nitrogens with two attached hydrogens (primary N) is 1. The molecule has 7 heteroatoms. The normalized spacial score (nSPS) is 10.7. The summed E-state index contributed by atoms with van der Waals surface area (Å²) in [6.45, 7) is 0. The van der Waals surface area contributed by atoms with Gasteiger partial charge in [0.05, 0.1) is 16.9 Å². The topological polar surface area (TPSA) is 58.4 Å². The molecule has 0 aliphatic rings. The van der Waals surface area contributed by atoms with E-state index in [1.54, 1.807) is 18.2 Å². The highest BCUT2D eigenvalue weighted by molar-refractivity contribution is 5.93. The third-order valence-electron chi connectivity index (χ3n) is 2.92. The molecule has 0 radical (unpaired) electrons. The van der Waals surface area contributed by atoms with Gasteiger partial charge in [0.25, 0.3) is 0 Å². The summed E-state index contributed by atoms with van der Waals surface area (Å²) in [7, 11) is 0. The fraction of sp³-hybridized carbons (Fsp3) is 0.0625. The number of urea groups is 1. The van der Waals surface area contributed by atoms with Crippen molar-refractivity contribution in [1.82, 2.24) is 0 Å². The Morgan fingerprint density at radius 2 is 1.87 bits per heavy atom. The van der Waals surface area contributed by atoms with E-state index in [-0.39, 0.29) is 5.69 Å². The lowest BCUT2D eigenvalue weighted by Gasteiger charge is -2.23. The van der Waals surface area contributed by atoms with E-state index in [2.05, 4.69) is 11.3 Å². The van der Waals surface area contributed by atoms with E-state index in [0.29, 0.717) is 11.3 Å². The van der Waals surface area contributed by atoms with Gasteiger partial charge in [0, 0.05) is 5.56 Å². The predicted molar refractivity (Wildman–Crippen MR) is 81.5 cm³/mol. The van der Waals surface area contributed by atoms with Crippen molar-refractivity contribution in [2.24, 2.45) is 5.73 Å². The summed E-state index contributed by atoms with van der Waals surface area (Å²) in [6, 6.07) is 9.83. The lowest BCUT2D eigenvalue weighted by atomic mass is 10.2. The molecule has 2 rings (SSSR count). The number of alkyl halides is 3. The number of anilines is 2. The maximum atomic E-state index is 12.7. The Labute approximate surface area is 130 Å². The van der Waals surface area contributed by atoms with E-state index < -0.39 is 17.8 Å². The van der Waals surface area contributed by atoms with Crippen molar-refractivity contribution in [3.05, 3.63) is 59.7 Å². The molecule has 0 spiro atoms. The number of halogens is 3. The van der Waals surface area contributed by atoms with E-state index >= 15 is 0 Å². The molecular formula is C16H12F3N3O. The number of carbonyl (C=O) groups is 1. The Bertz CT molecular complexity index is 766. The van der Waals surface area contributed by atoms with E-state index in [9.17, 15) is 18.0 Å². The number of rotatable bonds is 3. The van der Waals surface area contributed by atoms with E-state index in [1.807, 2.05) is 0 Å². The molecule has 0 atom stereocenters. The number of amides is 2. The SMILES string of the molecule is C#Cc1cccc(N(Nc2cccc(C(F)(F)F)c2)C(N)=O)c1. The first-order valence-electron chi connectivity index (χ1n) is 6.41. The van der Waals surface area contributed by atoms with E-state index in [0.717, 1.165) is 17.1 Å². The van der Waals surface area contributed by atoms with Gasteiger partial charge in [0.2, 0.25) is 0 Å². The number of terminal acetylenes is 1. The molecule has 2 aromatic rings. The van der Waals surface area contributed by atoms with Gasteiger partial charge in [-0.25, -0.2) is 9.80 Å². The molecule has 2 amide bonds. The lowest BCUT2D eigenvalue weighted by Crippen LogP contribution is -2.40. The number of nitrogens with one attached hydrogen (secondary N) is 1. The maximum Gasteiger partial charge on any atom is 0.416 e. The van der Waals surface area contributed by atoms with Crippen LogP contribution in [0, 0.1) is 12.3 Å². The van der Waals surface area contributed by atoms with Crippen molar-refractivity contribution in [3.63, 3.8) is 0 Å². The molecule has 3 N–H and O–H groups in total. The predicted octanol–water partition coefficient (Wildman–Crippen LogP) is 3.60. The molecule has 2 aromatic carbocycles. The fourth-order valence-electron chi connectivity index (χ4n) is 1.88. The monoisotopic (exact) mass is 319 g/mol. The minimum absolute atomic E-state index is 0.0599. The van der Waals surface area contributed by atoms with Crippen molar-refractivity contribution >= 4 is 17.4 Å². The molecule has 23 heavy (non-hydrogen) atoms. The van der Waals surface area contributed by atoms with Crippen LogP contribution in [0.4, 0.5) is 29.3 Å². The molecular weight excluding hydrogens is 307 g/mol. The Hall–Kier alpha value is -3.14. The molecule has 0 unspecified atom stereocenters. The molecule has 0 aromatic heterocycles. The molecule has 0 heterocycles. The van der Waals surface area contributed by atoms with Crippen molar-refractivity contribution in [2.75, 3.05) is 10.4 Å². The van der Waals surface area contributed by atoms with Crippen LogP contribution in [0.5, 0.6) is 0 Å². The zero-order valence-electron chi connectivity index (χ0n) is 11.8. The Balaban J connectivity index is 2.34. The zero-order valence-corrected chi connectivity index (χ0v) is 11.8. The quantitative estimate of drug-likeness (QED) is 0.671. The molecule has 0 fully saturated rings. The van der Waals surface area contributed by atoms with Crippen LogP contribution >= 0.6 is 0 Å². The van der Waals surface area contributed by atoms with Crippen molar-refractivity contribution < 1.29 is 18.0 Å². The third-order valence-corrected chi connectivity index (χ3v) is 2.92. The molecule has 0 bridgehead atoms. The standard InChI is InChI=1S/C16H12F3N3O/c1-2-11-5-3-8-14(9-11)22(15(20)23)21-13-7-4-6-12(10-13)16(17,18)19/h1,3-10,21H,(H2,20,23). The van der Waals surface area contributed by atoms with Crippen LogP contribution in [0.15, 0.2) is 48.5 Å². The highest BCUT2D eigenvalue weighted by atomic mass is 19.4. The van der Waals surface area contributed by atoms with Crippen LogP contribution in [-0.4, -0.2) is 6.03 Å². The molecule has 0 aliphatic heterocycles. The maximum absolute atomic E-state index is 12.7. The first-order valence-corrected chi connectivity index (χ1v) is 6.41. The van der Waals surface area contributed by atoms with Crippen LogP contribution in [-0.2, 0) is 6.18 Å². The van der Waals surface area contributed by atoms with Gasteiger partial charge >= 0.3 is 12.2 Å². The zero-order chi connectivity index (χ0) is 17.0. The van der Waals surface area contributed by atoms with Gasteiger partial charge in [-0.2, -0.15) is 13.2 Å². The average molecular weight is 319 g/mol. The van der Waals surface area contributed by atoms with Crippen molar-refractivity contribution in [3.8, 4) is 12.3 Å². The van der Waals surface area contributed by atoms with Crippen LogP contribution in [0.2, 0.25) is 0 Å². The Kier molecular flexibility index (Phi) is 4.46. The van der Waals surface area contributed by atoms with E-state index in [4.69, 9.17) is 12.2 Å². The number of nitrogens with zero attached hydrogens (tertiary/aromatic N) is 1. The Morgan fingerprint density at radius 1 is 1.17 bits per heavy atom. The van der Waals surface area contributed by atoms with Crippen LogP contribution in [0.25, 0.3) is 0 Å². The van der Waals surface area contributed by atoms with Crippen molar-refractivity contribution in [1.29, 1.82) is 0 Å². The van der Waals surface area contributed by atoms with Crippen LogP contribution in [0.3, 0.4) is 0 Å². The second-order valence-corrected chi connectivity index (χ2v) is 4.56. The number of hydrogen-bond acceptors (Lipinski definition) is 2. The molecule has 0 aliphatic carbocycles. The number of hydrogen-bond donors (Lipinski definition) is 2. The van der Waals surface area contributed by atoms with E-state index in [1.165, 1.54) is 18.2 Å². The van der Waals surface area contributed by atoms with Gasteiger partial charge in [-0.1, -0.05) is 18.1 Å². The molecule has 0 saturated heterocycles. The first-order chi connectivity index (χ1) is 10.8. The lowest BCUT2D eigenvalue weighted by molar-refractivity contribution is -0.137. The summed E-state index contributed by atoms with van der Waals surface area (Å²) in [5.74, 6) is 2.40. The third kappa shape index (κ3) is 3.95. The first kappa shape index (κ1) is 16.2. The minimum atomic E-state index is -4.49. The Morgan fingerprint density at radius 3 is 2.48 bits per heavy atom. The summed E-state index contributed by atoms with van der Waals surface area (Å²) < 4.78 is 38.2. The van der Waals surface area contributed by atoms with Crippen LogP contribution < -0.4 is 16.2 Å². The number of hydrazine groups is 1. The smallest absolute Gasteiger partial charge is 0.350 e.